The number of hydrogen-bond acceptors (Lipinski definition) is 3. The number of nitrogens with one attached hydrogen (secondary N) is 2. The van der Waals surface area contributed by atoms with Gasteiger partial charge in [0.15, 0.2) is 0 Å². The Labute approximate surface area is 128 Å². The van der Waals surface area contributed by atoms with Crippen molar-refractivity contribution in [3.63, 3.8) is 0 Å². The van der Waals surface area contributed by atoms with Crippen LogP contribution in [0.15, 0.2) is 65.5 Å². The first-order chi connectivity index (χ1) is 10.7. The number of aromatic amines is 1. The maximum atomic E-state index is 11.8. The molecule has 0 saturated heterocycles. The molecule has 0 amide bonds. The van der Waals surface area contributed by atoms with Crippen molar-refractivity contribution >= 4 is 11.6 Å². The summed E-state index contributed by atoms with van der Waals surface area (Å²) in [4.78, 5) is 19.0. The van der Waals surface area contributed by atoms with Gasteiger partial charge in [-0.1, -0.05) is 49.4 Å². The lowest BCUT2D eigenvalue weighted by atomic mass is 10.1. The smallest absolute Gasteiger partial charge is 0.252 e. The van der Waals surface area contributed by atoms with Gasteiger partial charge in [-0.3, -0.25) is 9.78 Å². The van der Waals surface area contributed by atoms with Crippen LogP contribution in [0.2, 0.25) is 0 Å². The van der Waals surface area contributed by atoms with Gasteiger partial charge >= 0.3 is 0 Å². The van der Waals surface area contributed by atoms with Crippen LogP contribution >= 0.6 is 0 Å². The summed E-state index contributed by atoms with van der Waals surface area (Å²) in [5.41, 5.74) is 3.55. The van der Waals surface area contributed by atoms with Crippen molar-refractivity contribution in [2.75, 3.05) is 5.32 Å². The Balaban J connectivity index is 1.90. The van der Waals surface area contributed by atoms with E-state index in [4.69, 9.17) is 0 Å². The number of aromatic nitrogens is 2. The summed E-state index contributed by atoms with van der Waals surface area (Å²) < 4.78 is 0. The van der Waals surface area contributed by atoms with Crippen LogP contribution in [0.25, 0.3) is 11.3 Å². The first-order valence-corrected chi connectivity index (χ1v) is 7.27. The summed E-state index contributed by atoms with van der Waals surface area (Å²) >= 11 is 0. The molecule has 2 N–H and O–H groups in total. The van der Waals surface area contributed by atoms with Crippen LogP contribution in [0.1, 0.15) is 12.5 Å². The molecule has 0 aliphatic rings. The van der Waals surface area contributed by atoms with Crippen molar-refractivity contribution in [1.82, 2.24) is 9.97 Å². The Morgan fingerprint density at radius 3 is 2.45 bits per heavy atom. The minimum atomic E-state index is -0.179. The van der Waals surface area contributed by atoms with E-state index in [1.807, 2.05) is 42.5 Å². The highest BCUT2D eigenvalue weighted by Crippen LogP contribution is 2.18. The molecular formula is C18H17N3O. The lowest BCUT2D eigenvalue weighted by Crippen LogP contribution is -2.10. The molecule has 0 fully saturated rings. The van der Waals surface area contributed by atoms with Crippen molar-refractivity contribution in [2.24, 2.45) is 0 Å². The zero-order valence-corrected chi connectivity index (χ0v) is 12.3. The molecule has 22 heavy (non-hydrogen) atoms. The molecule has 0 aliphatic carbocycles. The monoisotopic (exact) mass is 291 g/mol. The SMILES string of the molecule is CCc1ccc(Nc2nc(-c3ccccc3)cc(=O)[nH]2)cc1. The minimum Gasteiger partial charge on any atom is -0.326 e. The molecule has 2 aromatic carbocycles. The van der Waals surface area contributed by atoms with Gasteiger partial charge < -0.3 is 5.32 Å². The molecule has 4 heteroatoms. The molecule has 0 aliphatic heterocycles. The van der Waals surface area contributed by atoms with Crippen LogP contribution in [-0.2, 0) is 6.42 Å². The number of benzene rings is 2. The number of H-pyrrole nitrogens is 1. The molecule has 0 unspecified atom stereocenters. The van der Waals surface area contributed by atoms with Crippen LogP contribution in [-0.4, -0.2) is 9.97 Å². The van der Waals surface area contributed by atoms with Crippen molar-refractivity contribution in [3.8, 4) is 11.3 Å². The van der Waals surface area contributed by atoms with Gasteiger partial charge in [-0.15, -0.1) is 0 Å². The fraction of sp³-hybridized carbons (Fsp3) is 0.111. The van der Waals surface area contributed by atoms with Crippen LogP contribution < -0.4 is 10.9 Å². The van der Waals surface area contributed by atoms with Gasteiger partial charge in [-0.25, -0.2) is 4.98 Å². The second kappa shape index (κ2) is 6.26. The molecule has 0 spiro atoms. The largest absolute Gasteiger partial charge is 0.326 e. The number of aryl methyl sites for hydroxylation is 1. The van der Waals surface area contributed by atoms with Crippen molar-refractivity contribution in [3.05, 3.63) is 76.6 Å². The third-order valence-electron chi connectivity index (χ3n) is 3.44. The number of hydrogen-bond donors (Lipinski definition) is 2. The van der Waals surface area contributed by atoms with Gasteiger partial charge in [0.1, 0.15) is 0 Å². The van der Waals surface area contributed by atoms with Crippen molar-refractivity contribution in [2.45, 2.75) is 13.3 Å². The standard InChI is InChI=1S/C18H17N3O/c1-2-13-8-10-15(11-9-13)19-18-20-16(12-17(22)21-18)14-6-4-3-5-7-14/h3-12H,2H2,1H3,(H2,19,20,21,22). The molecule has 3 rings (SSSR count). The zero-order valence-electron chi connectivity index (χ0n) is 12.3. The van der Waals surface area contributed by atoms with Crippen molar-refractivity contribution in [1.29, 1.82) is 0 Å². The fourth-order valence-electron chi connectivity index (χ4n) is 2.23. The van der Waals surface area contributed by atoms with Gasteiger partial charge in [-0.05, 0) is 24.1 Å². The Kier molecular flexibility index (Phi) is 4.01. The summed E-state index contributed by atoms with van der Waals surface area (Å²) in [6.45, 7) is 2.12. The van der Waals surface area contributed by atoms with Gasteiger partial charge in [0.25, 0.3) is 5.56 Å². The second-order valence-corrected chi connectivity index (χ2v) is 5.02. The molecule has 0 radical (unpaired) electrons. The Morgan fingerprint density at radius 1 is 1.05 bits per heavy atom. The topological polar surface area (TPSA) is 57.8 Å². The normalized spacial score (nSPS) is 10.4. The van der Waals surface area contributed by atoms with E-state index in [0.29, 0.717) is 11.6 Å². The molecule has 0 saturated carbocycles. The average Bonchev–Trinajstić information content (AvgIpc) is 2.56. The highest BCUT2D eigenvalue weighted by Gasteiger charge is 2.04. The van der Waals surface area contributed by atoms with E-state index in [1.54, 1.807) is 0 Å². The van der Waals surface area contributed by atoms with E-state index in [-0.39, 0.29) is 5.56 Å². The highest BCUT2D eigenvalue weighted by molar-refractivity contribution is 5.61. The molecule has 0 bridgehead atoms. The van der Waals surface area contributed by atoms with Crippen LogP contribution in [0.4, 0.5) is 11.6 Å². The predicted molar refractivity (Wildman–Crippen MR) is 89.4 cm³/mol. The molecule has 110 valence electrons. The van der Waals surface area contributed by atoms with Crippen LogP contribution in [0, 0.1) is 0 Å². The van der Waals surface area contributed by atoms with E-state index >= 15 is 0 Å². The van der Waals surface area contributed by atoms with Crippen LogP contribution in [0.5, 0.6) is 0 Å². The number of anilines is 2. The Bertz CT molecular complexity index is 808. The summed E-state index contributed by atoms with van der Waals surface area (Å²) in [7, 11) is 0. The molecule has 1 heterocycles. The van der Waals surface area contributed by atoms with Gasteiger partial charge in [0.05, 0.1) is 5.69 Å². The quantitative estimate of drug-likeness (QED) is 0.770. The van der Waals surface area contributed by atoms with Crippen LogP contribution in [0.3, 0.4) is 0 Å². The van der Waals surface area contributed by atoms with E-state index in [2.05, 4.69) is 34.3 Å². The minimum absolute atomic E-state index is 0.179. The highest BCUT2D eigenvalue weighted by atomic mass is 16.1. The number of rotatable bonds is 4. The summed E-state index contributed by atoms with van der Waals surface area (Å²) in [6.07, 6.45) is 0.999. The molecular weight excluding hydrogens is 274 g/mol. The Hall–Kier alpha value is -2.88. The van der Waals surface area contributed by atoms with E-state index < -0.39 is 0 Å². The van der Waals surface area contributed by atoms with Gasteiger partial charge in [0, 0.05) is 17.3 Å². The van der Waals surface area contributed by atoms with E-state index in [0.717, 1.165) is 17.7 Å². The Morgan fingerprint density at radius 2 is 1.77 bits per heavy atom. The molecule has 4 nitrogen and oxygen atoms in total. The lowest BCUT2D eigenvalue weighted by Gasteiger charge is -2.08. The zero-order chi connectivity index (χ0) is 15.4. The van der Waals surface area contributed by atoms with E-state index in [9.17, 15) is 4.79 Å². The third kappa shape index (κ3) is 3.23. The average molecular weight is 291 g/mol. The summed E-state index contributed by atoms with van der Waals surface area (Å²) in [5.74, 6) is 0.440. The second-order valence-electron chi connectivity index (χ2n) is 5.02. The predicted octanol–water partition coefficient (Wildman–Crippen LogP) is 3.74. The van der Waals surface area contributed by atoms with Crippen molar-refractivity contribution < 1.29 is 0 Å². The molecule has 0 atom stereocenters. The summed E-state index contributed by atoms with van der Waals surface area (Å²) in [6, 6.07) is 19.2. The maximum Gasteiger partial charge on any atom is 0.252 e. The fourth-order valence-corrected chi connectivity index (χ4v) is 2.23. The van der Waals surface area contributed by atoms with Gasteiger partial charge in [-0.2, -0.15) is 0 Å². The third-order valence-corrected chi connectivity index (χ3v) is 3.44. The first kappa shape index (κ1) is 14.1. The van der Waals surface area contributed by atoms with E-state index in [1.165, 1.54) is 11.6 Å². The van der Waals surface area contributed by atoms with Gasteiger partial charge in [0.2, 0.25) is 5.95 Å². The summed E-state index contributed by atoms with van der Waals surface area (Å²) in [5, 5.41) is 3.14. The maximum absolute atomic E-state index is 11.8. The molecule has 3 aromatic rings. The lowest BCUT2D eigenvalue weighted by molar-refractivity contribution is 1.12. The number of nitrogens with zero attached hydrogens (tertiary/aromatic N) is 1. The first-order valence-electron chi connectivity index (χ1n) is 7.27. The molecule has 1 aromatic heterocycles.